The van der Waals surface area contributed by atoms with Crippen LogP contribution < -0.4 is 11.1 Å². The van der Waals surface area contributed by atoms with Crippen LogP contribution >= 0.6 is 35.0 Å². The Hall–Kier alpha value is -0.370. The third-order valence-electron chi connectivity index (χ3n) is 3.52. The van der Waals surface area contributed by atoms with Crippen molar-refractivity contribution in [2.24, 2.45) is 11.7 Å². The molecule has 1 fully saturated rings. The topological polar surface area (TPSA) is 64.4 Å². The largest absolute Gasteiger partial charge is 0.381 e. The van der Waals surface area contributed by atoms with E-state index >= 15 is 0 Å². The lowest BCUT2D eigenvalue weighted by molar-refractivity contribution is -0.119. The van der Waals surface area contributed by atoms with Crippen molar-refractivity contribution in [2.75, 3.05) is 18.5 Å². The number of carbonyl (C=O) groups is 1. The quantitative estimate of drug-likeness (QED) is 0.753. The number of benzene rings is 1. The van der Waals surface area contributed by atoms with Gasteiger partial charge in [-0.05, 0) is 66.0 Å². The number of rotatable bonds is 3. The summed E-state index contributed by atoms with van der Waals surface area (Å²) in [5.41, 5.74) is 8.05. The summed E-state index contributed by atoms with van der Waals surface area (Å²) < 4.78 is 6.42. The molecule has 4 nitrogen and oxygen atoms in total. The smallest absolute Gasteiger partial charge is 0.241 e. The molecule has 0 aliphatic carbocycles. The minimum absolute atomic E-state index is 0. The van der Waals surface area contributed by atoms with Crippen molar-refractivity contribution in [2.45, 2.75) is 25.8 Å². The van der Waals surface area contributed by atoms with Crippen molar-refractivity contribution in [1.82, 2.24) is 0 Å². The number of nitrogens with two attached hydrogens (primary N) is 1. The van der Waals surface area contributed by atoms with E-state index < -0.39 is 6.04 Å². The van der Waals surface area contributed by atoms with E-state index in [-0.39, 0.29) is 24.2 Å². The van der Waals surface area contributed by atoms with Crippen molar-refractivity contribution in [3.63, 3.8) is 0 Å². The second-order valence-corrected chi connectivity index (χ2v) is 6.09. The van der Waals surface area contributed by atoms with Crippen LogP contribution in [0.2, 0.25) is 0 Å². The number of ether oxygens (including phenoxy) is 1. The van der Waals surface area contributed by atoms with E-state index in [1.165, 1.54) is 5.56 Å². The van der Waals surface area contributed by atoms with Gasteiger partial charge in [0, 0.05) is 22.5 Å². The molecule has 3 N–H and O–H groups in total. The monoisotopic (exact) mass is 410 g/mol. The van der Waals surface area contributed by atoms with Gasteiger partial charge in [-0.25, -0.2) is 0 Å². The summed E-state index contributed by atoms with van der Waals surface area (Å²) in [7, 11) is 0. The molecule has 1 heterocycles. The van der Waals surface area contributed by atoms with E-state index in [0.29, 0.717) is 13.2 Å². The van der Waals surface area contributed by atoms with E-state index in [1.807, 2.05) is 25.1 Å². The second kappa shape index (κ2) is 8.17. The van der Waals surface area contributed by atoms with E-state index in [2.05, 4.69) is 27.9 Å². The molecule has 6 heteroatoms. The molecule has 112 valence electrons. The van der Waals surface area contributed by atoms with Gasteiger partial charge in [-0.1, -0.05) is 6.07 Å². The number of hydrogen-bond acceptors (Lipinski definition) is 3. The first kappa shape index (κ1) is 17.7. The molecule has 1 saturated heterocycles. The number of nitrogens with one attached hydrogen (secondary N) is 1. The molecule has 1 aliphatic rings. The zero-order valence-electron chi connectivity index (χ0n) is 11.4. The van der Waals surface area contributed by atoms with Gasteiger partial charge in [0.25, 0.3) is 0 Å². The second-order valence-electron chi connectivity index (χ2n) is 4.93. The molecule has 20 heavy (non-hydrogen) atoms. The molecule has 0 spiro atoms. The van der Waals surface area contributed by atoms with E-state index in [0.717, 1.165) is 22.1 Å². The minimum Gasteiger partial charge on any atom is -0.381 e. The Balaban J connectivity index is 0.00000200. The maximum absolute atomic E-state index is 12.1. The van der Waals surface area contributed by atoms with Crippen LogP contribution in [0, 0.1) is 16.4 Å². The van der Waals surface area contributed by atoms with Crippen molar-refractivity contribution in [3.05, 3.63) is 27.3 Å². The van der Waals surface area contributed by atoms with Crippen LogP contribution in [-0.2, 0) is 9.53 Å². The van der Waals surface area contributed by atoms with Crippen molar-refractivity contribution in [1.29, 1.82) is 0 Å². The number of aryl methyl sites for hydroxylation is 1. The van der Waals surface area contributed by atoms with Gasteiger partial charge in [-0.3, -0.25) is 4.79 Å². The Morgan fingerprint density at radius 2 is 2.10 bits per heavy atom. The van der Waals surface area contributed by atoms with Gasteiger partial charge >= 0.3 is 0 Å². The maximum Gasteiger partial charge on any atom is 0.241 e. The molecule has 1 unspecified atom stereocenters. The Morgan fingerprint density at radius 3 is 2.70 bits per heavy atom. The van der Waals surface area contributed by atoms with Gasteiger partial charge in [-0.15, -0.1) is 12.4 Å². The molecule has 0 saturated carbocycles. The fraction of sp³-hybridized carbons (Fsp3) is 0.500. The fourth-order valence-electron chi connectivity index (χ4n) is 2.19. The zero-order chi connectivity index (χ0) is 13.8. The third-order valence-corrected chi connectivity index (χ3v) is 4.68. The normalized spacial score (nSPS) is 17.1. The highest BCUT2D eigenvalue weighted by Gasteiger charge is 2.26. The lowest BCUT2D eigenvalue weighted by atomic mass is 9.92. The summed E-state index contributed by atoms with van der Waals surface area (Å²) in [6, 6.07) is 5.41. The predicted octanol–water partition coefficient (Wildman–Crippen LogP) is 2.71. The summed E-state index contributed by atoms with van der Waals surface area (Å²) in [6.45, 7) is 3.45. The Morgan fingerprint density at radius 1 is 1.45 bits per heavy atom. The highest BCUT2D eigenvalue weighted by atomic mass is 127. The Kier molecular flexibility index (Phi) is 7.22. The lowest BCUT2D eigenvalue weighted by Gasteiger charge is -2.26. The summed E-state index contributed by atoms with van der Waals surface area (Å²) in [6.07, 6.45) is 1.72. The van der Waals surface area contributed by atoms with Crippen LogP contribution in [-0.4, -0.2) is 25.2 Å². The molecule has 1 atom stereocenters. The predicted molar refractivity (Wildman–Crippen MR) is 91.3 cm³/mol. The number of hydrogen-bond donors (Lipinski definition) is 2. The fourth-order valence-corrected chi connectivity index (χ4v) is 2.70. The SMILES string of the molecule is Cc1ccc(NC(=O)C(N)C2CCOCC2)cc1I.Cl. The molecular formula is C14H20ClIN2O2. The van der Waals surface area contributed by atoms with E-state index in [9.17, 15) is 4.79 Å². The molecule has 0 bridgehead atoms. The molecule has 1 aromatic rings. The van der Waals surface area contributed by atoms with Gasteiger partial charge in [0.2, 0.25) is 5.91 Å². The standard InChI is InChI=1S/C14H19IN2O2.ClH/c1-9-2-3-11(8-12(9)15)17-14(18)13(16)10-4-6-19-7-5-10;/h2-3,8,10,13H,4-7,16H2,1H3,(H,17,18);1H. The average Bonchev–Trinajstić information content (AvgIpc) is 2.43. The van der Waals surface area contributed by atoms with Crippen LogP contribution in [0.25, 0.3) is 0 Å². The van der Waals surface area contributed by atoms with Crippen LogP contribution in [0.1, 0.15) is 18.4 Å². The molecule has 1 amide bonds. The third kappa shape index (κ3) is 4.58. The molecule has 1 aliphatic heterocycles. The number of anilines is 1. The minimum atomic E-state index is -0.456. The summed E-state index contributed by atoms with van der Waals surface area (Å²) in [5.74, 6) is 0.116. The van der Waals surface area contributed by atoms with Crippen molar-refractivity contribution < 1.29 is 9.53 Å². The first-order valence-electron chi connectivity index (χ1n) is 6.48. The van der Waals surface area contributed by atoms with Gasteiger partial charge in [0.15, 0.2) is 0 Å². The van der Waals surface area contributed by atoms with Gasteiger partial charge < -0.3 is 15.8 Å². The molecule has 1 aromatic carbocycles. The Bertz CT molecular complexity index is 464. The van der Waals surface area contributed by atoms with Crippen LogP contribution in [0.15, 0.2) is 18.2 Å². The van der Waals surface area contributed by atoms with E-state index in [1.54, 1.807) is 0 Å². The first-order chi connectivity index (χ1) is 9.08. The molecule has 2 rings (SSSR count). The van der Waals surface area contributed by atoms with Crippen LogP contribution in [0.4, 0.5) is 5.69 Å². The van der Waals surface area contributed by atoms with Gasteiger partial charge in [0.05, 0.1) is 6.04 Å². The number of amides is 1. The molecule has 0 radical (unpaired) electrons. The maximum atomic E-state index is 12.1. The van der Waals surface area contributed by atoms with Gasteiger partial charge in [0.1, 0.15) is 0 Å². The molecular weight excluding hydrogens is 391 g/mol. The van der Waals surface area contributed by atoms with Gasteiger partial charge in [-0.2, -0.15) is 0 Å². The van der Waals surface area contributed by atoms with Crippen molar-refractivity contribution >= 4 is 46.6 Å². The summed E-state index contributed by atoms with van der Waals surface area (Å²) in [5, 5.41) is 2.90. The summed E-state index contributed by atoms with van der Waals surface area (Å²) in [4.78, 5) is 12.1. The lowest BCUT2D eigenvalue weighted by Crippen LogP contribution is -2.44. The highest BCUT2D eigenvalue weighted by Crippen LogP contribution is 2.20. The zero-order valence-corrected chi connectivity index (χ0v) is 14.4. The number of halogens is 2. The first-order valence-corrected chi connectivity index (χ1v) is 7.56. The van der Waals surface area contributed by atoms with Crippen molar-refractivity contribution in [3.8, 4) is 0 Å². The van der Waals surface area contributed by atoms with Crippen LogP contribution in [0.5, 0.6) is 0 Å². The highest BCUT2D eigenvalue weighted by molar-refractivity contribution is 14.1. The average molecular weight is 411 g/mol. The summed E-state index contributed by atoms with van der Waals surface area (Å²) >= 11 is 2.26. The Labute approximate surface area is 139 Å². The van der Waals surface area contributed by atoms with E-state index in [4.69, 9.17) is 10.5 Å². The number of carbonyl (C=O) groups excluding carboxylic acids is 1. The molecule has 0 aromatic heterocycles. The van der Waals surface area contributed by atoms with Crippen LogP contribution in [0.3, 0.4) is 0 Å².